The molecule has 0 aromatic heterocycles. The lowest BCUT2D eigenvalue weighted by Gasteiger charge is -2.47. The zero-order valence-corrected chi connectivity index (χ0v) is 66.4. The molecule has 2 N–H and O–H groups in total. The number of nitrogens with one attached hydrogen (secondary N) is 1. The summed E-state index contributed by atoms with van der Waals surface area (Å²) in [5.41, 5.74) is 1.66. The molecule has 5 amide bonds. The van der Waals surface area contributed by atoms with Crippen molar-refractivity contribution in [3.8, 4) is 23.0 Å². The zero-order chi connectivity index (χ0) is 77.5. The number of benzene rings is 4. The lowest BCUT2D eigenvalue weighted by atomic mass is 9.76. The van der Waals surface area contributed by atoms with Gasteiger partial charge in [-0.15, -0.1) is 0 Å². The molecule has 22 nitrogen and oxygen atoms in total. The summed E-state index contributed by atoms with van der Waals surface area (Å²) in [7, 11) is 0. The largest absolute Gasteiger partial charge is 0.487 e. The smallest absolute Gasteiger partial charge is 0.410 e. The summed E-state index contributed by atoms with van der Waals surface area (Å²) in [5, 5.41) is 12.7. The summed E-state index contributed by atoms with van der Waals surface area (Å²) in [6.45, 7) is 35.7. The van der Waals surface area contributed by atoms with Gasteiger partial charge in [-0.25, -0.2) is 14.4 Å². The van der Waals surface area contributed by atoms with Crippen molar-refractivity contribution < 1.29 is 76.6 Å². The van der Waals surface area contributed by atoms with Crippen LogP contribution in [0.4, 0.5) is 14.4 Å². The van der Waals surface area contributed by atoms with Crippen molar-refractivity contribution in [1.29, 1.82) is 0 Å². The second kappa shape index (κ2) is 35.8. The fourth-order valence-electron chi connectivity index (χ4n) is 16.5. The minimum absolute atomic E-state index is 0.0643. The van der Waals surface area contributed by atoms with Crippen molar-refractivity contribution >= 4 is 42.0 Å². The van der Waals surface area contributed by atoms with E-state index in [4.69, 9.17) is 37.9 Å². The van der Waals surface area contributed by atoms with Crippen LogP contribution in [0.3, 0.4) is 0 Å². The maximum absolute atomic E-state index is 12.8. The quantitative estimate of drug-likeness (QED) is 0.0934. The highest BCUT2D eigenvalue weighted by Gasteiger charge is 2.49. The molecule has 4 saturated heterocycles. The molecule has 12 rings (SSSR count). The van der Waals surface area contributed by atoms with E-state index in [2.05, 4.69) is 29.6 Å². The standard InChI is InChI=1S/C24H36N2O4.C22H31NO5.C20H27NO5.C19H28N2O2/c1-6-25(7-2)21(27)16-18-17-24(29-20-11-9-8-10-19(18)20)12-14-26(15-13-24)22(28)30-23(3,4)5;1-5-26-19(24)14-16-15-22(27-18-9-7-6-8-17(16)18)10-12-23(13-11-22)20(25)28-21(2,3)4;1-19(2,3)26-18(24)21-10-8-20(9-11-21)13-14(12-17(22)23)15-6-4-5-7-16(15)25-20;1-3-21(4-2)18(22)13-15-14-19(9-11-20-12-10-19)23-17-8-6-5-7-16(15)17/h8-11,18H,6-7,12-17H2,1-5H3;6-9,16H,5,10-15H2,1-4H3;4-7,14H,8-13H2,1-3H3,(H,22,23);5-8,15,20H,3-4,9-14H2,1-2H3. The summed E-state index contributed by atoms with van der Waals surface area (Å²) in [6, 6.07) is 32.0. The van der Waals surface area contributed by atoms with Crippen LogP contribution in [0.5, 0.6) is 23.0 Å². The Morgan fingerprint density at radius 3 is 0.935 bits per heavy atom. The first-order valence-electron chi connectivity index (χ1n) is 39.4. The number of likely N-dealkylation sites (tertiary alicyclic amines) is 3. The molecule has 8 heterocycles. The highest BCUT2D eigenvalue weighted by molar-refractivity contribution is 5.78. The number of esters is 1. The second-order valence-electron chi connectivity index (χ2n) is 33.2. The Morgan fingerprint density at radius 1 is 0.411 bits per heavy atom. The van der Waals surface area contributed by atoms with Crippen molar-refractivity contribution in [2.75, 3.05) is 85.1 Å². The number of fused-ring (bicyclic) bond motifs is 4. The number of carboxylic acids is 1. The average Bonchev–Trinajstić information content (AvgIpc) is 0.786. The molecule has 22 heteroatoms. The Kier molecular flexibility index (Phi) is 27.7. The van der Waals surface area contributed by atoms with Gasteiger partial charge in [0, 0.05) is 140 Å². The maximum atomic E-state index is 12.8. The Balaban J connectivity index is 0.000000165. The topological polar surface area (TPSA) is 242 Å². The molecule has 0 aliphatic carbocycles. The number of carbonyl (C=O) groups is 7. The Labute approximate surface area is 635 Å². The number of piperidine rings is 4. The molecule has 4 aromatic carbocycles. The molecule has 107 heavy (non-hydrogen) atoms. The van der Waals surface area contributed by atoms with Crippen molar-refractivity contribution in [2.24, 2.45) is 0 Å². The van der Waals surface area contributed by atoms with Gasteiger partial charge in [-0.2, -0.15) is 0 Å². The Bertz CT molecular complexity index is 3650. The van der Waals surface area contributed by atoms with Gasteiger partial charge in [0.15, 0.2) is 0 Å². The summed E-state index contributed by atoms with van der Waals surface area (Å²) < 4.78 is 47.3. The molecular weight excluding hydrogens is 1360 g/mol. The van der Waals surface area contributed by atoms with Crippen molar-refractivity contribution in [3.05, 3.63) is 119 Å². The molecular formula is C85H122N6O16. The van der Waals surface area contributed by atoms with Crippen LogP contribution in [0.25, 0.3) is 0 Å². The fourth-order valence-corrected chi connectivity index (χ4v) is 16.5. The third-order valence-corrected chi connectivity index (χ3v) is 21.9. The number of para-hydroxylation sites is 4. The molecule has 0 bridgehead atoms. The number of carboxylic acid groups (broad SMARTS) is 1. The molecule has 8 aliphatic rings. The fraction of sp³-hybridized carbons (Fsp3) is 0.635. The van der Waals surface area contributed by atoms with Crippen LogP contribution in [0.2, 0.25) is 0 Å². The van der Waals surface area contributed by atoms with Gasteiger partial charge >= 0.3 is 30.2 Å². The predicted molar refractivity (Wildman–Crippen MR) is 410 cm³/mol. The van der Waals surface area contributed by atoms with Crippen LogP contribution in [0.1, 0.15) is 246 Å². The van der Waals surface area contributed by atoms with E-state index in [1.165, 1.54) is 5.56 Å². The molecule has 4 spiro atoms. The number of hydrogen-bond donors (Lipinski definition) is 2. The zero-order valence-electron chi connectivity index (χ0n) is 66.4. The number of nitrogens with zero attached hydrogens (tertiary/aromatic N) is 5. The number of aliphatic carboxylic acids is 1. The molecule has 0 saturated carbocycles. The van der Waals surface area contributed by atoms with Crippen molar-refractivity contribution in [3.63, 3.8) is 0 Å². The van der Waals surface area contributed by atoms with Gasteiger partial charge < -0.3 is 72.8 Å². The maximum Gasteiger partial charge on any atom is 0.410 e. The van der Waals surface area contributed by atoms with Crippen LogP contribution in [0.15, 0.2) is 97.1 Å². The van der Waals surface area contributed by atoms with E-state index in [9.17, 15) is 38.7 Å². The van der Waals surface area contributed by atoms with E-state index >= 15 is 0 Å². The highest BCUT2D eigenvalue weighted by atomic mass is 16.6. The van der Waals surface area contributed by atoms with Gasteiger partial charge in [0.05, 0.1) is 19.4 Å². The van der Waals surface area contributed by atoms with E-state index < -0.39 is 28.4 Å². The van der Waals surface area contributed by atoms with Crippen LogP contribution < -0.4 is 24.3 Å². The highest BCUT2D eigenvalue weighted by Crippen LogP contribution is 2.51. The SMILES string of the molecule is CC(C)(C)OC(=O)N1CCC2(CC1)CC(CC(=O)O)c1ccccc1O2.CCN(CC)C(=O)CC1CC2(CCN(C(=O)OC(C)(C)C)CC2)Oc2ccccc21.CCN(CC)C(=O)CC1CC2(CCNCC2)Oc2ccccc21.CCOC(=O)CC1CC2(CCN(C(=O)OC(C)(C)C)CC2)Oc2ccccc21. The summed E-state index contributed by atoms with van der Waals surface area (Å²) in [6.07, 6.45) is 10.2. The first-order chi connectivity index (χ1) is 50.7. The number of hydrogen-bond acceptors (Lipinski definition) is 16. The minimum atomic E-state index is -0.798. The second-order valence-corrected chi connectivity index (χ2v) is 33.2. The number of carbonyl (C=O) groups excluding carboxylic acids is 6. The Hall–Kier alpha value is -8.27. The molecule has 4 aromatic rings. The van der Waals surface area contributed by atoms with E-state index in [0.29, 0.717) is 84.4 Å². The first-order valence-corrected chi connectivity index (χ1v) is 39.4. The normalized spacial score (nSPS) is 21.2. The molecule has 4 fully saturated rings. The van der Waals surface area contributed by atoms with Crippen LogP contribution in [-0.4, -0.2) is 196 Å². The van der Waals surface area contributed by atoms with Gasteiger partial charge in [-0.3, -0.25) is 19.2 Å². The lowest BCUT2D eigenvalue weighted by Crippen LogP contribution is -2.52. The molecule has 4 atom stereocenters. The van der Waals surface area contributed by atoms with Gasteiger partial charge in [-0.1, -0.05) is 72.8 Å². The van der Waals surface area contributed by atoms with E-state index in [1.807, 2.05) is 180 Å². The van der Waals surface area contributed by atoms with Crippen molar-refractivity contribution in [1.82, 2.24) is 29.8 Å². The lowest BCUT2D eigenvalue weighted by molar-refractivity contribution is -0.144. The molecule has 0 radical (unpaired) electrons. The predicted octanol–water partition coefficient (Wildman–Crippen LogP) is 15.6. The van der Waals surface area contributed by atoms with Crippen LogP contribution in [-0.2, 0) is 38.1 Å². The summed E-state index contributed by atoms with van der Waals surface area (Å²) in [5.74, 6) is 3.38. The first kappa shape index (κ1) is 82.8. The van der Waals surface area contributed by atoms with Gasteiger partial charge in [0.2, 0.25) is 11.8 Å². The number of rotatable bonds is 13. The van der Waals surface area contributed by atoms with Gasteiger partial charge in [0.25, 0.3) is 0 Å². The number of amides is 5. The molecule has 8 aliphatic heterocycles. The van der Waals surface area contributed by atoms with Crippen molar-refractivity contribution in [2.45, 2.75) is 263 Å². The molecule has 4 unspecified atom stereocenters. The number of ether oxygens (including phenoxy) is 8. The van der Waals surface area contributed by atoms with E-state index in [-0.39, 0.29) is 83.0 Å². The van der Waals surface area contributed by atoms with Crippen LogP contribution in [0, 0.1) is 0 Å². The summed E-state index contributed by atoms with van der Waals surface area (Å²) in [4.78, 5) is 95.1. The minimum Gasteiger partial charge on any atom is -0.487 e. The monoisotopic (exact) mass is 1480 g/mol. The van der Waals surface area contributed by atoms with Gasteiger partial charge in [-0.05, 0) is 195 Å². The van der Waals surface area contributed by atoms with Crippen LogP contribution >= 0.6 is 0 Å². The Morgan fingerprint density at radius 2 is 0.673 bits per heavy atom. The van der Waals surface area contributed by atoms with Gasteiger partial charge in [0.1, 0.15) is 62.2 Å². The molecule has 588 valence electrons. The average molecular weight is 1480 g/mol. The summed E-state index contributed by atoms with van der Waals surface area (Å²) >= 11 is 0. The van der Waals surface area contributed by atoms with E-state index in [1.54, 1.807) is 14.7 Å². The van der Waals surface area contributed by atoms with E-state index in [0.717, 1.165) is 137 Å². The third-order valence-electron chi connectivity index (χ3n) is 21.9. The third kappa shape index (κ3) is 22.5.